The van der Waals surface area contributed by atoms with Gasteiger partial charge in [-0.15, -0.1) is 0 Å². The summed E-state index contributed by atoms with van der Waals surface area (Å²) in [4.78, 5) is 29.5. The molecule has 1 aromatic heterocycles. The molecule has 0 radical (unpaired) electrons. The van der Waals surface area contributed by atoms with Gasteiger partial charge in [-0.2, -0.15) is 0 Å². The molecule has 0 unspecified atom stereocenters. The second kappa shape index (κ2) is 9.10. The van der Waals surface area contributed by atoms with E-state index in [1.165, 1.54) is 0 Å². The Bertz CT molecular complexity index is 1020. The molecule has 2 aromatic carbocycles. The number of halogens is 1. The monoisotopic (exact) mass is 435 g/mol. The van der Waals surface area contributed by atoms with Crippen molar-refractivity contribution >= 4 is 39.5 Å². The van der Waals surface area contributed by atoms with E-state index in [1.807, 2.05) is 31.2 Å². The van der Waals surface area contributed by atoms with Gasteiger partial charge in [-0.1, -0.05) is 45.8 Å². The number of hydrogen-bond donors (Lipinski definition) is 2. The average Bonchev–Trinajstić information content (AvgIpc) is 2.68. The van der Waals surface area contributed by atoms with Crippen LogP contribution in [0.3, 0.4) is 0 Å². The first-order chi connectivity index (χ1) is 13.5. The summed E-state index contributed by atoms with van der Waals surface area (Å²) < 4.78 is 0.840. The minimum atomic E-state index is -0.428. The molecule has 0 aliphatic carbocycles. The Labute approximate surface area is 171 Å². The fourth-order valence-corrected chi connectivity index (χ4v) is 2.85. The van der Waals surface area contributed by atoms with E-state index >= 15 is 0 Å². The second-order valence-electron chi connectivity index (χ2n) is 6.13. The Hall–Kier alpha value is -3.25. The highest BCUT2D eigenvalue weighted by atomic mass is 79.9. The lowest BCUT2D eigenvalue weighted by Gasteiger charge is -2.12. The number of carbonyl (C=O) groups excluding carboxylic acids is 2. The van der Waals surface area contributed by atoms with Crippen LogP contribution in [0.2, 0.25) is 0 Å². The highest BCUT2D eigenvalue weighted by molar-refractivity contribution is 9.10. The first-order valence-corrected chi connectivity index (χ1v) is 9.37. The maximum Gasteiger partial charge on any atom is 0.272 e. The first kappa shape index (κ1) is 19.5. The number of hydrogen-bond acceptors (Lipinski definition) is 3. The summed E-state index contributed by atoms with van der Waals surface area (Å²) in [6.45, 7) is 1.95. The molecule has 2 amide bonds. The lowest BCUT2D eigenvalue weighted by Crippen LogP contribution is -2.30. The van der Waals surface area contributed by atoms with Crippen LogP contribution in [-0.4, -0.2) is 16.8 Å². The summed E-state index contributed by atoms with van der Waals surface area (Å²) in [5, 5.41) is 5.50. The predicted octanol–water partition coefficient (Wildman–Crippen LogP) is 4.56. The summed E-state index contributed by atoms with van der Waals surface area (Å²) in [6.07, 6.45) is 4.85. The fraction of sp³-hybridized carbons (Fsp3) is 0.0455. The summed E-state index contributed by atoms with van der Waals surface area (Å²) in [6, 6.07) is 17.9. The molecule has 1 heterocycles. The standard InChI is InChI=1S/C22H18BrN3O2/c1-15-7-9-17(10-8-15)21(27)26-20(12-16-4-3-11-24-14-16)22(28)25-19-6-2-5-18(23)13-19/h2-14H,1H3,(H,25,28)(H,26,27)/b20-12+. The van der Waals surface area contributed by atoms with Crippen molar-refractivity contribution in [2.24, 2.45) is 0 Å². The van der Waals surface area contributed by atoms with Crippen molar-refractivity contribution in [3.05, 3.63) is 99.9 Å². The van der Waals surface area contributed by atoms with Gasteiger partial charge >= 0.3 is 0 Å². The predicted molar refractivity (Wildman–Crippen MR) is 114 cm³/mol. The van der Waals surface area contributed by atoms with Crippen molar-refractivity contribution in [3.8, 4) is 0 Å². The maximum atomic E-state index is 12.8. The molecular weight excluding hydrogens is 418 g/mol. The number of aryl methyl sites for hydroxylation is 1. The van der Waals surface area contributed by atoms with Gasteiger partial charge in [0.25, 0.3) is 11.8 Å². The maximum absolute atomic E-state index is 12.8. The molecule has 0 aliphatic heterocycles. The molecule has 2 N–H and O–H groups in total. The second-order valence-corrected chi connectivity index (χ2v) is 7.04. The van der Waals surface area contributed by atoms with Gasteiger partial charge in [-0.3, -0.25) is 14.6 Å². The molecule has 140 valence electrons. The molecule has 0 atom stereocenters. The third-order valence-electron chi connectivity index (χ3n) is 3.88. The van der Waals surface area contributed by atoms with Gasteiger partial charge in [0.15, 0.2) is 0 Å². The van der Waals surface area contributed by atoms with Crippen molar-refractivity contribution in [2.75, 3.05) is 5.32 Å². The lowest BCUT2D eigenvalue weighted by atomic mass is 10.1. The largest absolute Gasteiger partial charge is 0.321 e. The van der Waals surface area contributed by atoms with Gasteiger partial charge in [-0.05, 0) is 55.0 Å². The Morgan fingerprint density at radius 2 is 1.82 bits per heavy atom. The van der Waals surface area contributed by atoms with E-state index in [1.54, 1.807) is 54.9 Å². The van der Waals surface area contributed by atoms with Crippen LogP contribution in [0.15, 0.2) is 83.2 Å². The number of nitrogens with one attached hydrogen (secondary N) is 2. The molecule has 28 heavy (non-hydrogen) atoms. The number of amides is 2. The Morgan fingerprint density at radius 1 is 1.04 bits per heavy atom. The molecule has 0 fully saturated rings. The zero-order valence-electron chi connectivity index (χ0n) is 15.1. The summed E-state index contributed by atoms with van der Waals surface area (Å²) >= 11 is 3.38. The number of benzene rings is 2. The summed E-state index contributed by atoms with van der Waals surface area (Å²) in [7, 11) is 0. The van der Waals surface area contributed by atoms with Gasteiger partial charge in [0.2, 0.25) is 0 Å². The SMILES string of the molecule is Cc1ccc(C(=O)N/C(=C/c2cccnc2)C(=O)Nc2cccc(Br)c2)cc1. The normalized spacial score (nSPS) is 11.0. The number of nitrogens with zero attached hydrogens (tertiary/aromatic N) is 1. The molecule has 0 aliphatic rings. The van der Waals surface area contributed by atoms with Crippen LogP contribution in [0.25, 0.3) is 6.08 Å². The molecular formula is C22H18BrN3O2. The van der Waals surface area contributed by atoms with Crippen LogP contribution in [0.4, 0.5) is 5.69 Å². The van der Waals surface area contributed by atoms with Crippen molar-refractivity contribution in [3.63, 3.8) is 0 Å². The highest BCUT2D eigenvalue weighted by Crippen LogP contribution is 2.17. The molecule has 0 saturated carbocycles. The van der Waals surface area contributed by atoms with Crippen LogP contribution in [0.5, 0.6) is 0 Å². The minimum absolute atomic E-state index is 0.124. The third kappa shape index (κ3) is 5.37. The molecule has 0 spiro atoms. The number of pyridine rings is 1. The van der Waals surface area contributed by atoms with Gasteiger partial charge < -0.3 is 10.6 Å². The number of aromatic nitrogens is 1. The zero-order valence-corrected chi connectivity index (χ0v) is 16.7. The molecule has 3 rings (SSSR count). The summed E-state index contributed by atoms with van der Waals surface area (Å²) in [5.74, 6) is -0.790. The van der Waals surface area contributed by atoms with Crippen molar-refractivity contribution in [1.29, 1.82) is 0 Å². The van der Waals surface area contributed by atoms with E-state index in [0.29, 0.717) is 16.8 Å². The number of rotatable bonds is 5. The quantitative estimate of drug-likeness (QED) is 0.576. The highest BCUT2D eigenvalue weighted by Gasteiger charge is 2.15. The van der Waals surface area contributed by atoms with E-state index in [2.05, 4.69) is 31.5 Å². The van der Waals surface area contributed by atoms with Gasteiger partial charge in [0.1, 0.15) is 5.70 Å². The van der Waals surface area contributed by atoms with E-state index < -0.39 is 5.91 Å². The van der Waals surface area contributed by atoms with Gasteiger partial charge in [0.05, 0.1) is 0 Å². The molecule has 3 aromatic rings. The lowest BCUT2D eigenvalue weighted by molar-refractivity contribution is -0.113. The molecule has 0 saturated heterocycles. The van der Waals surface area contributed by atoms with E-state index in [0.717, 1.165) is 10.0 Å². The van der Waals surface area contributed by atoms with Crippen molar-refractivity contribution in [1.82, 2.24) is 10.3 Å². The van der Waals surface area contributed by atoms with Crippen molar-refractivity contribution in [2.45, 2.75) is 6.92 Å². The topological polar surface area (TPSA) is 71.1 Å². The molecule has 0 bridgehead atoms. The fourth-order valence-electron chi connectivity index (χ4n) is 2.45. The van der Waals surface area contributed by atoms with Crippen LogP contribution in [-0.2, 0) is 4.79 Å². The van der Waals surface area contributed by atoms with Gasteiger partial charge in [0, 0.05) is 28.1 Å². The Morgan fingerprint density at radius 3 is 2.50 bits per heavy atom. The third-order valence-corrected chi connectivity index (χ3v) is 4.38. The zero-order chi connectivity index (χ0) is 19.9. The number of anilines is 1. The average molecular weight is 436 g/mol. The van der Waals surface area contributed by atoms with Crippen molar-refractivity contribution < 1.29 is 9.59 Å². The summed E-state index contributed by atoms with van der Waals surface area (Å²) in [5.41, 5.74) is 2.96. The number of carbonyl (C=O) groups is 2. The molecule has 5 nitrogen and oxygen atoms in total. The van der Waals surface area contributed by atoms with Crippen LogP contribution < -0.4 is 10.6 Å². The van der Waals surface area contributed by atoms with Crippen LogP contribution >= 0.6 is 15.9 Å². The Balaban J connectivity index is 1.86. The van der Waals surface area contributed by atoms with Crippen LogP contribution in [0, 0.1) is 6.92 Å². The minimum Gasteiger partial charge on any atom is -0.321 e. The first-order valence-electron chi connectivity index (χ1n) is 8.58. The smallest absolute Gasteiger partial charge is 0.272 e. The van der Waals surface area contributed by atoms with E-state index in [-0.39, 0.29) is 11.6 Å². The molecule has 6 heteroatoms. The van der Waals surface area contributed by atoms with E-state index in [4.69, 9.17) is 0 Å². The Kier molecular flexibility index (Phi) is 6.34. The van der Waals surface area contributed by atoms with Gasteiger partial charge in [-0.25, -0.2) is 0 Å². The van der Waals surface area contributed by atoms with E-state index in [9.17, 15) is 9.59 Å². The van der Waals surface area contributed by atoms with Crippen LogP contribution in [0.1, 0.15) is 21.5 Å².